The molecule has 0 atom stereocenters. The maximum atomic E-state index is 6.55. The molecule has 0 bridgehead atoms. The first-order chi connectivity index (χ1) is 24.8. The van der Waals surface area contributed by atoms with Gasteiger partial charge in [-0.3, -0.25) is 0 Å². The van der Waals surface area contributed by atoms with E-state index in [9.17, 15) is 0 Å². The van der Waals surface area contributed by atoms with Crippen molar-refractivity contribution in [2.45, 2.75) is 0 Å². The van der Waals surface area contributed by atoms with Crippen LogP contribution in [0, 0.1) is 0 Å². The Morgan fingerprint density at radius 2 is 1.14 bits per heavy atom. The molecule has 0 radical (unpaired) electrons. The maximum absolute atomic E-state index is 6.55. The van der Waals surface area contributed by atoms with Gasteiger partial charge in [0.2, 0.25) is 0 Å². The molecule has 3 nitrogen and oxygen atoms in total. The summed E-state index contributed by atoms with van der Waals surface area (Å²) < 4.78 is 11.5. The number of para-hydroxylation sites is 3. The molecule has 0 aliphatic heterocycles. The Morgan fingerprint density at radius 1 is 0.460 bits per heavy atom. The number of aromatic nitrogens is 1. The summed E-state index contributed by atoms with van der Waals surface area (Å²) >= 11 is 1.86. The first-order valence-corrected chi connectivity index (χ1v) is 17.7. The highest BCUT2D eigenvalue weighted by atomic mass is 32.1. The normalized spacial score (nSPS) is 12.0. The van der Waals surface area contributed by atoms with Gasteiger partial charge in [-0.2, -0.15) is 0 Å². The van der Waals surface area contributed by atoms with Crippen LogP contribution in [-0.2, 0) is 0 Å². The van der Waals surface area contributed by atoms with Crippen LogP contribution in [0.5, 0.6) is 0 Å². The number of fused-ring (bicyclic) bond motifs is 11. The highest BCUT2D eigenvalue weighted by molar-refractivity contribution is 7.26. The van der Waals surface area contributed by atoms with Crippen molar-refractivity contribution in [1.82, 2.24) is 4.57 Å². The molecule has 0 spiro atoms. The van der Waals surface area contributed by atoms with Crippen molar-refractivity contribution in [2.75, 3.05) is 4.90 Å². The van der Waals surface area contributed by atoms with Gasteiger partial charge >= 0.3 is 0 Å². The van der Waals surface area contributed by atoms with Crippen LogP contribution in [0.4, 0.5) is 17.1 Å². The summed E-state index contributed by atoms with van der Waals surface area (Å²) in [5, 5.41) is 9.55. The molecule has 11 aromatic rings. The molecular formula is C46H28N2OS. The monoisotopic (exact) mass is 656 g/mol. The van der Waals surface area contributed by atoms with Crippen molar-refractivity contribution in [1.29, 1.82) is 0 Å². The smallest absolute Gasteiger partial charge is 0.143 e. The molecule has 0 saturated carbocycles. The first-order valence-electron chi connectivity index (χ1n) is 16.9. The molecule has 3 aromatic heterocycles. The molecule has 0 N–H and O–H groups in total. The highest BCUT2D eigenvalue weighted by Crippen LogP contribution is 2.47. The van der Waals surface area contributed by atoms with Crippen molar-refractivity contribution in [3.63, 3.8) is 0 Å². The molecule has 50 heavy (non-hydrogen) atoms. The number of hydrogen-bond donors (Lipinski definition) is 0. The lowest BCUT2D eigenvalue weighted by Gasteiger charge is -2.26. The standard InChI is InChI=1S/C46H28N2OS/c1-2-11-30(12-3-1)48-40-17-7-4-13-33(40)39-28-32(24-26-41(39)48)47(42-18-10-16-37-35-15-6-9-20-44(35)50-46(37)42)31-23-21-29-22-25-36-34-14-5-8-19-43(34)49-45(36)38(29)27-31/h1-28H. The van der Waals surface area contributed by atoms with Gasteiger partial charge in [-0.15, -0.1) is 11.3 Å². The topological polar surface area (TPSA) is 21.3 Å². The Hall–Kier alpha value is -6.36. The second-order valence-corrected chi connectivity index (χ2v) is 14.0. The largest absolute Gasteiger partial charge is 0.455 e. The van der Waals surface area contributed by atoms with Gasteiger partial charge in [-0.1, -0.05) is 97.1 Å². The third-order valence-electron chi connectivity index (χ3n) is 10.2. The van der Waals surface area contributed by atoms with Gasteiger partial charge in [0.05, 0.1) is 21.4 Å². The Morgan fingerprint density at radius 3 is 2.04 bits per heavy atom. The number of furan rings is 1. The predicted molar refractivity (Wildman–Crippen MR) is 213 cm³/mol. The minimum Gasteiger partial charge on any atom is -0.455 e. The number of benzene rings is 8. The molecule has 0 aliphatic rings. The molecular weight excluding hydrogens is 629 g/mol. The minimum absolute atomic E-state index is 0.910. The van der Waals surface area contributed by atoms with Gasteiger partial charge < -0.3 is 13.9 Å². The SMILES string of the molecule is c1ccc(-n2c3ccccc3c3cc(N(c4ccc5ccc6c7ccccc7oc6c5c4)c4cccc5c4sc4ccccc45)ccc32)cc1. The molecule has 0 amide bonds. The van der Waals surface area contributed by atoms with Crippen molar-refractivity contribution < 1.29 is 4.42 Å². The third-order valence-corrected chi connectivity index (χ3v) is 11.4. The Balaban J connectivity index is 1.21. The van der Waals surface area contributed by atoms with E-state index in [-0.39, 0.29) is 0 Å². The minimum atomic E-state index is 0.910. The van der Waals surface area contributed by atoms with Gasteiger partial charge in [0.1, 0.15) is 11.2 Å². The van der Waals surface area contributed by atoms with E-state index >= 15 is 0 Å². The molecule has 0 aliphatic carbocycles. The fourth-order valence-corrected chi connectivity index (χ4v) is 9.13. The quantitative estimate of drug-likeness (QED) is 0.188. The zero-order valence-electron chi connectivity index (χ0n) is 26.9. The van der Waals surface area contributed by atoms with Crippen LogP contribution in [0.15, 0.2) is 174 Å². The molecule has 0 unspecified atom stereocenters. The second-order valence-electron chi connectivity index (χ2n) is 12.9. The first kappa shape index (κ1) is 27.6. The zero-order valence-corrected chi connectivity index (χ0v) is 27.7. The Labute approximate surface area is 291 Å². The second kappa shape index (κ2) is 10.6. The predicted octanol–water partition coefficient (Wildman–Crippen LogP) is 13.7. The van der Waals surface area contributed by atoms with Crippen molar-refractivity contribution in [3.05, 3.63) is 170 Å². The number of thiophene rings is 1. The van der Waals surface area contributed by atoms with Crippen molar-refractivity contribution >= 4 is 103 Å². The van der Waals surface area contributed by atoms with Crippen LogP contribution in [-0.4, -0.2) is 4.57 Å². The van der Waals surface area contributed by atoms with Gasteiger partial charge in [0.15, 0.2) is 0 Å². The Kier molecular flexibility index (Phi) is 5.83. The van der Waals surface area contributed by atoms with Crippen LogP contribution in [0.1, 0.15) is 0 Å². The average Bonchev–Trinajstić information content (AvgIpc) is 3.85. The van der Waals surface area contributed by atoms with E-state index < -0.39 is 0 Å². The zero-order chi connectivity index (χ0) is 32.8. The fourth-order valence-electron chi connectivity index (χ4n) is 7.92. The number of hydrogen-bond acceptors (Lipinski definition) is 3. The lowest BCUT2D eigenvalue weighted by molar-refractivity contribution is 0.672. The Bertz CT molecular complexity index is 3110. The fraction of sp³-hybridized carbons (Fsp3) is 0. The summed E-state index contributed by atoms with van der Waals surface area (Å²) in [5.74, 6) is 0. The van der Waals surface area contributed by atoms with Crippen LogP contribution in [0.3, 0.4) is 0 Å². The lowest BCUT2D eigenvalue weighted by Crippen LogP contribution is -2.10. The van der Waals surface area contributed by atoms with E-state index in [1.54, 1.807) is 0 Å². The maximum Gasteiger partial charge on any atom is 0.143 e. The van der Waals surface area contributed by atoms with E-state index in [0.29, 0.717) is 0 Å². The lowest BCUT2D eigenvalue weighted by atomic mass is 10.0. The molecule has 11 rings (SSSR count). The van der Waals surface area contributed by atoms with Crippen LogP contribution in [0.2, 0.25) is 0 Å². The number of anilines is 3. The summed E-state index contributed by atoms with van der Waals surface area (Å²) in [6.07, 6.45) is 0. The summed E-state index contributed by atoms with van der Waals surface area (Å²) in [4.78, 5) is 2.44. The summed E-state index contributed by atoms with van der Waals surface area (Å²) in [6.45, 7) is 0. The third kappa shape index (κ3) is 3.97. The van der Waals surface area contributed by atoms with Crippen LogP contribution >= 0.6 is 11.3 Å². The average molecular weight is 657 g/mol. The number of nitrogens with zero attached hydrogens (tertiary/aromatic N) is 2. The van der Waals surface area contributed by atoms with Gasteiger partial charge in [0, 0.05) is 59.5 Å². The van der Waals surface area contributed by atoms with Gasteiger partial charge in [0.25, 0.3) is 0 Å². The molecule has 0 saturated heterocycles. The van der Waals surface area contributed by atoms with Crippen molar-refractivity contribution in [2.24, 2.45) is 0 Å². The molecule has 4 heteroatoms. The molecule has 3 heterocycles. The van der Waals surface area contributed by atoms with Crippen LogP contribution < -0.4 is 4.90 Å². The summed E-state index contributed by atoms with van der Waals surface area (Å²) in [5.41, 5.74) is 8.72. The molecule has 8 aromatic carbocycles. The van der Waals surface area contributed by atoms with Crippen molar-refractivity contribution in [3.8, 4) is 5.69 Å². The van der Waals surface area contributed by atoms with Gasteiger partial charge in [-0.25, -0.2) is 0 Å². The van der Waals surface area contributed by atoms with E-state index in [1.165, 1.54) is 42.0 Å². The van der Waals surface area contributed by atoms with Crippen LogP contribution in [0.25, 0.3) is 80.4 Å². The molecule has 0 fully saturated rings. The highest BCUT2D eigenvalue weighted by Gasteiger charge is 2.21. The van der Waals surface area contributed by atoms with E-state index in [0.717, 1.165) is 55.5 Å². The summed E-state index contributed by atoms with van der Waals surface area (Å²) in [6, 6.07) is 61.3. The summed E-state index contributed by atoms with van der Waals surface area (Å²) in [7, 11) is 0. The van der Waals surface area contributed by atoms with E-state index in [4.69, 9.17) is 4.42 Å². The number of rotatable bonds is 4. The van der Waals surface area contributed by atoms with E-state index in [2.05, 4.69) is 173 Å². The van der Waals surface area contributed by atoms with Gasteiger partial charge in [-0.05, 0) is 78.2 Å². The molecule has 234 valence electrons. The van der Waals surface area contributed by atoms with E-state index in [1.807, 2.05) is 17.4 Å².